The first-order valence-corrected chi connectivity index (χ1v) is 5.35. The van der Waals surface area contributed by atoms with E-state index >= 15 is 0 Å². The SMILES string of the molecule is CCOCOc1cc(F)c(C=O)c(OCC)c1. The van der Waals surface area contributed by atoms with Crippen molar-refractivity contribution < 1.29 is 23.4 Å². The maximum atomic E-state index is 13.5. The molecule has 0 spiro atoms. The number of carbonyl (C=O) groups is 1. The van der Waals surface area contributed by atoms with Crippen LogP contribution in [0.4, 0.5) is 4.39 Å². The molecule has 0 bridgehead atoms. The fourth-order valence-electron chi connectivity index (χ4n) is 1.23. The molecule has 0 atom stereocenters. The molecule has 0 amide bonds. The molecule has 0 aliphatic heterocycles. The first-order valence-electron chi connectivity index (χ1n) is 5.35. The highest BCUT2D eigenvalue weighted by molar-refractivity contribution is 5.80. The zero-order valence-electron chi connectivity index (χ0n) is 9.86. The van der Waals surface area contributed by atoms with Gasteiger partial charge >= 0.3 is 0 Å². The Hall–Kier alpha value is -1.62. The lowest BCUT2D eigenvalue weighted by Gasteiger charge is -2.11. The highest BCUT2D eigenvalue weighted by Crippen LogP contribution is 2.26. The predicted octanol–water partition coefficient (Wildman–Crippen LogP) is 2.41. The summed E-state index contributed by atoms with van der Waals surface area (Å²) in [6, 6.07) is 2.60. The highest BCUT2D eigenvalue weighted by atomic mass is 19.1. The van der Waals surface area contributed by atoms with Gasteiger partial charge in [-0.1, -0.05) is 0 Å². The number of ether oxygens (including phenoxy) is 3. The first kappa shape index (κ1) is 13.4. The van der Waals surface area contributed by atoms with E-state index in [1.165, 1.54) is 6.07 Å². The van der Waals surface area contributed by atoms with Gasteiger partial charge < -0.3 is 14.2 Å². The summed E-state index contributed by atoms with van der Waals surface area (Å²) in [4.78, 5) is 10.7. The molecular formula is C12H15FO4. The molecule has 0 aromatic heterocycles. The Morgan fingerprint density at radius 3 is 2.59 bits per heavy atom. The van der Waals surface area contributed by atoms with Gasteiger partial charge in [0.05, 0.1) is 12.2 Å². The Labute approximate surface area is 99.3 Å². The Morgan fingerprint density at radius 2 is 2.00 bits per heavy atom. The lowest BCUT2D eigenvalue weighted by molar-refractivity contribution is 0.0221. The number of hydrogen-bond acceptors (Lipinski definition) is 4. The molecule has 0 heterocycles. The lowest BCUT2D eigenvalue weighted by Crippen LogP contribution is -2.04. The van der Waals surface area contributed by atoms with E-state index in [1.807, 2.05) is 6.92 Å². The van der Waals surface area contributed by atoms with E-state index < -0.39 is 5.82 Å². The molecule has 0 radical (unpaired) electrons. The number of hydrogen-bond donors (Lipinski definition) is 0. The topological polar surface area (TPSA) is 44.8 Å². The fourth-order valence-corrected chi connectivity index (χ4v) is 1.23. The van der Waals surface area contributed by atoms with Gasteiger partial charge in [0.1, 0.15) is 17.3 Å². The van der Waals surface area contributed by atoms with Crippen molar-refractivity contribution in [2.75, 3.05) is 20.0 Å². The van der Waals surface area contributed by atoms with Crippen LogP contribution in [0.25, 0.3) is 0 Å². The van der Waals surface area contributed by atoms with Gasteiger partial charge in [-0.25, -0.2) is 4.39 Å². The molecule has 1 rings (SSSR count). The van der Waals surface area contributed by atoms with Crippen molar-refractivity contribution >= 4 is 6.29 Å². The minimum absolute atomic E-state index is 0.0297. The zero-order chi connectivity index (χ0) is 12.7. The molecule has 1 aromatic carbocycles. The third-order valence-electron chi connectivity index (χ3n) is 2.00. The summed E-state index contributed by atoms with van der Waals surface area (Å²) in [6.45, 7) is 4.45. The van der Waals surface area contributed by atoms with Crippen LogP contribution in [0.2, 0.25) is 0 Å². The van der Waals surface area contributed by atoms with Crippen LogP contribution in [0.3, 0.4) is 0 Å². The second kappa shape index (κ2) is 6.85. The second-order valence-corrected chi connectivity index (χ2v) is 3.12. The molecular weight excluding hydrogens is 227 g/mol. The van der Waals surface area contributed by atoms with E-state index in [0.717, 1.165) is 6.07 Å². The monoisotopic (exact) mass is 242 g/mol. The Kier molecular flexibility index (Phi) is 5.42. The average molecular weight is 242 g/mol. The van der Waals surface area contributed by atoms with E-state index in [2.05, 4.69) is 0 Å². The van der Waals surface area contributed by atoms with Crippen LogP contribution in [0.5, 0.6) is 11.5 Å². The van der Waals surface area contributed by atoms with Crippen molar-refractivity contribution in [3.05, 3.63) is 23.5 Å². The second-order valence-electron chi connectivity index (χ2n) is 3.12. The lowest BCUT2D eigenvalue weighted by atomic mass is 10.2. The summed E-state index contributed by atoms with van der Waals surface area (Å²) in [7, 11) is 0. The van der Waals surface area contributed by atoms with E-state index in [-0.39, 0.29) is 23.9 Å². The van der Waals surface area contributed by atoms with Gasteiger partial charge in [0, 0.05) is 18.7 Å². The summed E-state index contributed by atoms with van der Waals surface area (Å²) < 4.78 is 28.8. The van der Waals surface area contributed by atoms with E-state index in [4.69, 9.17) is 14.2 Å². The summed E-state index contributed by atoms with van der Waals surface area (Å²) in [6.07, 6.45) is 0.423. The maximum Gasteiger partial charge on any atom is 0.189 e. The van der Waals surface area contributed by atoms with E-state index in [1.54, 1.807) is 6.92 Å². The van der Waals surface area contributed by atoms with Gasteiger partial charge in [-0.3, -0.25) is 4.79 Å². The van der Waals surface area contributed by atoms with Crippen LogP contribution in [0.15, 0.2) is 12.1 Å². The van der Waals surface area contributed by atoms with Crippen molar-refractivity contribution in [2.45, 2.75) is 13.8 Å². The van der Waals surface area contributed by atoms with Crippen LogP contribution in [-0.2, 0) is 4.74 Å². The number of halogens is 1. The third kappa shape index (κ3) is 3.71. The molecule has 0 aliphatic carbocycles. The smallest absolute Gasteiger partial charge is 0.189 e. The summed E-state index contributed by atoms with van der Waals surface area (Å²) in [5, 5.41) is 0. The minimum atomic E-state index is -0.669. The number of aldehydes is 1. The Bertz CT molecular complexity index is 379. The first-order chi connectivity index (χ1) is 8.22. The van der Waals surface area contributed by atoms with Crippen LogP contribution in [0.1, 0.15) is 24.2 Å². The molecule has 0 aliphatic rings. The van der Waals surface area contributed by atoms with Crippen LogP contribution in [-0.4, -0.2) is 26.3 Å². The number of rotatable bonds is 7. The van der Waals surface area contributed by atoms with Crippen LogP contribution in [0, 0.1) is 5.82 Å². The Balaban J connectivity index is 2.89. The molecule has 0 unspecified atom stereocenters. The van der Waals surface area contributed by atoms with Gasteiger partial charge in [0.15, 0.2) is 13.1 Å². The van der Waals surface area contributed by atoms with Gasteiger partial charge in [0.25, 0.3) is 0 Å². The molecule has 0 N–H and O–H groups in total. The van der Waals surface area contributed by atoms with Crippen molar-refractivity contribution in [3.8, 4) is 11.5 Å². The average Bonchev–Trinajstić information content (AvgIpc) is 2.30. The molecule has 4 nitrogen and oxygen atoms in total. The van der Waals surface area contributed by atoms with Crippen LogP contribution >= 0.6 is 0 Å². The van der Waals surface area contributed by atoms with Gasteiger partial charge in [-0.05, 0) is 13.8 Å². The number of carbonyl (C=O) groups excluding carboxylic acids is 1. The zero-order valence-corrected chi connectivity index (χ0v) is 9.86. The molecule has 0 fully saturated rings. The highest BCUT2D eigenvalue weighted by Gasteiger charge is 2.12. The standard InChI is InChI=1S/C12H15FO4/c1-3-15-8-17-9-5-11(13)10(7-14)12(6-9)16-4-2/h5-7H,3-4,8H2,1-2H3. The quantitative estimate of drug-likeness (QED) is 0.418. The maximum absolute atomic E-state index is 13.5. The van der Waals surface area contributed by atoms with Crippen molar-refractivity contribution in [2.24, 2.45) is 0 Å². The fraction of sp³-hybridized carbons (Fsp3) is 0.417. The van der Waals surface area contributed by atoms with Crippen molar-refractivity contribution in [1.29, 1.82) is 0 Å². The van der Waals surface area contributed by atoms with Crippen LogP contribution < -0.4 is 9.47 Å². The molecule has 5 heteroatoms. The van der Waals surface area contributed by atoms with Crippen molar-refractivity contribution in [3.63, 3.8) is 0 Å². The predicted molar refractivity (Wildman–Crippen MR) is 60.1 cm³/mol. The van der Waals surface area contributed by atoms with E-state index in [9.17, 15) is 9.18 Å². The molecule has 0 saturated carbocycles. The molecule has 17 heavy (non-hydrogen) atoms. The largest absolute Gasteiger partial charge is 0.493 e. The Morgan fingerprint density at radius 1 is 1.24 bits per heavy atom. The van der Waals surface area contributed by atoms with E-state index in [0.29, 0.717) is 19.5 Å². The molecule has 0 saturated heterocycles. The van der Waals surface area contributed by atoms with Gasteiger partial charge in [-0.15, -0.1) is 0 Å². The normalized spacial score (nSPS) is 10.1. The van der Waals surface area contributed by atoms with Crippen molar-refractivity contribution in [1.82, 2.24) is 0 Å². The minimum Gasteiger partial charge on any atom is -0.493 e. The van der Waals surface area contributed by atoms with Gasteiger partial charge in [0.2, 0.25) is 0 Å². The third-order valence-corrected chi connectivity index (χ3v) is 2.00. The summed E-state index contributed by atoms with van der Waals surface area (Å²) in [5.41, 5.74) is -0.101. The molecule has 1 aromatic rings. The molecule has 94 valence electrons. The summed E-state index contributed by atoms with van der Waals surface area (Å²) in [5.74, 6) is -0.226. The number of benzene rings is 1. The summed E-state index contributed by atoms with van der Waals surface area (Å²) >= 11 is 0. The van der Waals surface area contributed by atoms with Gasteiger partial charge in [-0.2, -0.15) is 0 Å².